The number of ether oxygens (including phenoxy) is 1. The third kappa shape index (κ3) is 7.67. The summed E-state index contributed by atoms with van der Waals surface area (Å²) < 4.78 is 31.0. The normalized spacial score (nSPS) is 12.1. The Morgan fingerprint density at radius 2 is 1.74 bits per heavy atom. The topological polar surface area (TPSA) is 139 Å². The number of carbonyl (C=O) groups excluding carboxylic acids is 2. The van der Waals surface area contributed by atoms with Crippen LogP contribution in [-0.2, 0) is 26.2 Å². The highest BCUT2D eigenvalue weighted by molar-refractivity contribution is 7.92. The van der Waals surface area contributed by atoms with E-state index in [2.05, 4.69) is 5.32 Å². The monoisotopic (exact) mass is 506 g/mol. The zero-order valence-electron chi connectivity index (χ0n) is 20.3. The molecule has 0 saturated heterocycles. The van der Waals surface area contributed by atoms with E-state index in [1.165, 1.54) is 30.2 Å². The molecule has 0 aliphatic heterocycles. The number of amides is 2. The molecule has 0 heterocycles. The van der Waals surface area contributed by atoms with Gasteiger partial charge in [0.05, 0.1) is 24.0 Å². The molecule has 0 radical (unpaired) electrons. The molecule has 0 bridgehead atoms. The van der Waals surface area contributed by atoms with Gasteiger partial charge in [-0.15, -0.1) is 0 Å². The van der Waals surface area contributed by atoms with E-state index < -0.39 is 39.3 Å². The molecule has 0 aliphatic carbocycles. The van der Waals surface area contributed by atoms with Gasteiger partial charge in [-0.05, 0) is 44.5 Å². The Kier molecular flexibility index (Phi) is 9.18. The minimum Gasteiger partial charge on any atom is -0.497 e. The fourth-order valence-electron chi connectivity index (χ4n) is 3.29. The van der Waals surface area contributed by atoms with E-state index in [0.29, 0.717) is 11.3 Å². The number of rotatable bonds is 11. The Labute approximate surface area is 204 Å². The van der Waals surface area contributed by atoms with Crippen LogP contribution in [0.2, 0.25) is 0 Å². The first kappa shape index (κ1) is 27.6. The minimum absolute atomic E-state index is 0.0290. The maximum Gasteiger partial charge on any atom is 0.271 e. The van der Waals surface area contributed by atoms with Gasteiger partial charge in [0.25, 0.3) is 5.69 Å². The van der Waals surface area contributed by atoms with Crippen LogP contribution in [0.1, 0.15) is 26.3 Å². The van der Waals surface area contributed by atoms with Crippen molar-refractivity contribution in [2.45, 2.75) is 39.4 Å². The van der Waals surface area contributed by atoms with E-state index in [-0.39, 0.29) is 24.0 Å². The number of nitro benzene ring substituents is 1. The van der Waals surface area contributed by atoms with Gasteiger partial charge >= 0.3 is 0 Å². The first-order chi connectivity index (χ1) is 16.3. The summed E-state index contributed by atoms with van der Waals surface area (Å²) in [6, 6.07) is 10.8. The Balaban J connectivity index is 2.42. The Morgan fingerprint density at radius 1 is 1.11 bits per heavy atom. The fourth-order valence-corrected chi connectivity index (χ4v) is 4.13. The molecule has 12 heteroatoms. The molecule has 2 rings (SSSR count). The second kappa shape index (κ2) is 11.6. The van der Waals surface area contributed by atoms with Gasteiger partial charge < -0.3 is 15.0 Å². The molecule has 2 aromatic rings. The van der Waals surface area contributed by atoms with Crippen molar-refractivity contribution < 1.29 is 27.7 Å². The van der Waals surface area contributed by atoms with Gasteiger partial charge in [0.2, 0.25) is 21.8 Å². The number of sulfonamides is 1. The molecule has 0 aromatic heterocycles. The van der Waals surface area contributed by atoms with Crippen molar-refractivity contribution in [3.63, 3.8) is 0 Å². The number of hydrogen-bond donors (Lipinski definition) is 1. The second-order valence-corrected chi connectivity index (χ2v) is 10.2. The maximum atomic E-state index is 13.4. The van der Waals surface area contributed by atoms with Crippen LogP contribution in [0, 0.1) is 10.1 Å². The highest BCUT2D eigenvalue weighted by atomic mass is 32.2. The molecule has 0 unspecified atom stereocenters. The zero-order valence-corrected chi connectivity index (χ0v) is 21.1. The molecule has 11 nitrogen and oxygen atoms in total. The van der Waals surface area contributed by atoms with Crippen molar-refractivity contribution in [3.05, 3.63) is 64.2 Å². The summed E-state index contributed by atoms with van der Waals surface area (Å²) in [5.41, 5.74) is 0.353. The molecule has 2 aromatic carbocycles. The van der Waals surface area contributed by atoms with Gasteiger partial charge in [0.1, 0.15) is 18.3 Å². The second-order valence-electron chi connectivity index (χ2n) is 8.26. The number of carbonyl (C=O) groups is 2. The van der Waals surface area contributed by atoms with E-state index in [1.807, 2.05) is 0 Å². The van der Waals surface area contributed by atoms with Crippen LogP contribution in [-0.4, -0.2) is 62.0 Å². The van der Waals surface area contributed by atoms with Crippen molar-refractivity contribution in [2.24, 2.45) is 0 Å². The average Bonchev–Trinajstić information content (AvgIpc) is 2.79. The van der Waals surface area contributed by atoms with Crippen LogP contribution in [0.3, 0.4) is 0 Å². The number of nitrogens with one attached hydrogen (secondary N) is 1. The molecule has 190 valence electrons. The number of non-ortho nitro benzene ring substituents is 1. The zero-order chi connectivity index (χ0) is 26.3. The predicted molar refractivity (Wildman–Crippen MR) is 132 cm³/mol. The number of nitro groups is 1. The summed E-state index contributed by atoms with van der Waals surface area (Å²) in [6.45, 7) is 4.51. The first-order valence-electron chi connectivity index (χ1n) is 10.8. The van der Waals surface area contributed by atoms with Crippen molar-refractivity contribution in [1.29, 1.82) is 0 Å². The third-order valence-electron chi connectivity index (χ3n) is 5.12. The highest BCUT2D eigenvalue weighted by Gasteiger charge is 2.30. The summed E-state index contributed by atoms with van der Waals surface area (Å²) in [4.78, 5) is 37.9. The van der Waals surface area contributed by atoms with Crippen LogP contribution < -0.4 is 14.4 Å². The number of methoxy groups -OCH3 is 1. The number of benzene rings is 2. The molecule has 0 fully saturated rings. The lowest BCUT2D eigenvalue weighted by Gasteiger charge is -2.31. The quantitative estimate of drug-likeness (QED) is 0.364. The summed E-state index contributed by atoms with van der Waals surface area (Å²) in [7, 11) is -2.47. The van der Waals surface area contributed by atoms with Crippen LogP contribution >= 0.6 is 0 Å². The van der Waals surface area contributed by atoms with E-state index in [0.717, 1.165) is 16.6 Å². The van der Waals surface area contributed by atoms with Crippen molar-refractivity contribution in [1.82, 2.24) is 10.2 Å². The van der Waals surface area contributed by atoms with Crippen LogP contribution in [0.5, 0.6) is 5.75 Å². The standard InChI is InChI=1S/C23H30N4O7S/c1-16(2)24-23(29)17(3)25(14-18-9-11-21(34-4)12-10-18)22(28)15-26(35(5,32)33)19-7-6-8-20(13-19)27(30)31/h6-13,16-17H,14-15H2,1-5H3,(H,24,29)/t17-/m1/s1. The summed E-state index contributed by atoms with van der Waals surface area (Å²) in [6.07, 6.45) is 0.905. The SMILES string of the molecule is COc1ccc(CN(C(=O)CN(c2cccc([N+](=O)[O-])c2)S(C)(=O)=O)[C@H](C)C(=O)NC(C)C)cc1. The van der Waals surface area contributed by atoms with Crippen LogP contribution in [0.25, 0.3) is 0 Å². The average molecular weight is 507 g/mol. The summed E-state index contributed by atoms with van der Waals surface area (Å²) in [5, 5.41) is 13.9. The summed E-state index contributed by atoms with van der Waals surface area (Å²) in [5.74, 6) is -0.432. The minimum atomic E-state index is -3.99. The first-order valence-corrected chi connectivity index (χ1v) is 12.6. The van der Waals surface area contributed by atoms with Crippen molar-refractivity contribution >= 4 is 33.2 Å². The Bertz CT molecular complexity index is 1170. The molecular weight excluding hydrogens is 476 g/mol. The van der Waals surface area contributed by atoms with E-state index >= 15 is 0 Å². The van der Waals surface area contributed by atoms with Gasteiger partial charge in [-0.3, -0.25) is 24.0 Å². The number of anilines is 1. The van der Waals surface area contributed by atoms with E-state index in [9.17, 15) is 28.1 Å². The molecule has 0 saturated carbocycles. The molecular formula is C23H30N4O7S. The number of nitrogens with zero attached hydrogens (tertiary/aromatic N) is 3. The van der Waals surface area contributed by atoms with Gasteiger partial charge in [-0.2, -0.15) is 0 Å². The lowest BCUT2D eigenvalue weighted by Crippen LogP contribution is -2.52. The molecule has 2 amide bonds. The molecule has 1 atom stereocenters. The predicted octanol–water partition coefficient (Wildman–Crippen LogP) is 2.31. The van der Waals surface area contributed by atoms with Crippen molar-refractivity contribution in [3.8, 4) is 5.75 Å². The molecule has 35 heavy (non-hydrogen) atoms. The number of hydrogen-bond acceptors (Lipinski definition) is 7. The lowest BCUT2D eigenvalue weighted by atomic mass is 10.1. The summed E-state index contributed by atoms with van der Waals surface area (Å²) >= 11 is 0. The largest absolute Gasteiger partial charge is 0.497 e. The lowest BCUT2D eigenvalue weighted by molar-refractivity contribution is -0.384. The van der Waals surface area contributed by atoms with Gasteiger partial charge in [-0.1, -0.05) is 18.2 Å². The van der Waals surface area contributed by atoms with Gasteiger partial charge in [-0.25, -0.2) is 8.42 Å². The van der Waals surface area contributed by atoms with E-state index in [1.54, 1.807) is 45.0 Å². The Hall–Kier alpha value is -3.67. The molecule has 0 aliphatic rings. The van der Waals surface area contributed by atoms with Gasteiger partial charge in [0, 0.05) is 24.7 Å². The smallest absolute Gasteiger partial charge is 0.271 e. The van der Waals surface area contributed by atoms with E-state index in [4.69, 9.17) is 4.74 Å². The molecule has 0 spiro atoms. The third-order valence-corrected chi connectivity index (χ3v) is 6.26. The van der Waals surface area contributed by atoms with Crippen LogP contribution in [0.4, 0.5) is 11.4 Å². The van der Waals surface area contributed by atoms with Crippen molar-refractivity contribution in [2.75, 3.05) is 24.2 Å². The maximum absolute atomic E-state index is 13.4. The van der Waals surface area contributed by atoms with Crippen LogP contribution in [0.15, 0.2) is 48.5 Å². The Morgan fingerprint density at radius 3 is 2.26 bits per heavy atom. The fraction of sp³-hybridized carbons (Fsp3) is 0.391. The highest BCUT2D eigenvalue weighted by Crippen LogP contribution is 2.24. The molecule has 1 N–H and O–H groups in total. The van der Waals surface area contributed by atoms with Gasteiger partial charge in [0.15, 0.2) is 0 Å².